The predicted molar refractivity (Wildman–Crippen MR) is 89.2 cm³/mol. The van der Waals surface area contributed by atoms with E-state index in [1.165, 1.54) is 0 Å². The van der Waals surface area contributed by atoms with E-state index in [1.54, 1.807) is 25.3 Å². The molecule has 3 aromatic rings. The van der Waals surface area contributed by atoms with Gasteiger partial charge in [-0.3, -0.25) is 9.69 Å². The van der Waals surface area contributed by atoms with Gasteiger partial charge >= 0.3 is 5.97 Å². The summed E-state index contributed by atoms with van der Waals surface area (Å²) >= 11 is 0. The molecule has 130 valence electrons. The molecule has 7 nitrogen and oxygen atoms in total. The highest BCUT2D eigenvalue weighted by molar-refractivity contribution is 5.71. The monoisotopic (exact) mass is 341 g/mol. The zero-order valence-corrected chi connectivity index (χ0v) is 13.9. The van der Waals surface area contributed by atoms with Gasteiger partial charge in [-0.25, -0.2) is 0 Å². The van der Waals surface area contributed by atoms with Gasteiger partial charge in [0.15, 0.2) is 11.6 Å². The number of carbonyl (C=O) groups excluding carboxylic acids is 1. The lowest BCUT2D eigenvalue weighted by molar-refractivity contribution is -0.144. The van der Waals surface area contributed by atoms with Crippen LogP contribution in [0.25, 0.3) is 11.7 Å². The minimum absolute atomic E-state index is 0.146. The number of rotatable bonds is 8. The zero-order chi connectivity index (χ0) is 17.5. The van der Waals surface area contributed by atoms with Crippen molar-refractivity contribution in [2.75, 3.05) is 13.2 Å². The van der Waals surface area contributed by atoms with Crippen LogP contribution in [0, 0.1) is 0 Å². The van der Waals surface area contributed by atoms with Crippen molar-refractivity contribution in [2.24, 2.45) is 0 Å². The quantitative estimate of drug-likeness (QED) is 0.583. The molecule has 0 radical (unpaired) electrons. The molecule has 7 heteroatoms. The van der Waals surface area contributed by atoms with Crippen LogP contribution in [0.5, 0.6) is 0 Å². The lowest BCUT2D eigenvalue weighted by atomic mass is 10.2. The number of hydrogen-bond acceptors (Lipinski definition) is 7. The molecular weight excluding hydrogens is 322 g/mol. The van der Waals surface area contributed by atoms with E-state index < -0.39 is 0 Å². The zero-order valence-electron chi connectivity index (χ0n) is 13.9. The van der Waals surface area contributed by atoms with Gasteiger partial charge < -0.3 is 13.7 Å². The Hall–Kier alpha value is -2.93. The smallest absolute Gasteiger partial charge is 0.320 e. The molecule has 0 aliphatic carbocycles. The Balaban J connectivity index is 1.71. The van der Waals surface area contributed by atoms with Gasteiger partial charge in [0.2, 0.25) is 0 Å². The van der Waals surface area contributed by atoms with E-state index in [9.17, 15) is 4.79 Å². The SMILES string of the molecule is CCOC(=O)CN(Cc1ccccc1)Cc1noc(-c2ccco2)n1. The minimum Gasteiger partial charge on any atom is -0.465 e. The van der Waals surface area contributed by atoms with Gasteiger partial charge in [-0.2, -0.15) is 4.98 Å². The Morgan fingerprint density at radius 3 is 2.72 bits per heavy atom. The summed E-state index contributed by atoms with van der Waals surface area (Å²) in [5.74, 6) is 1.02. The fraction of sp³-hybridized carbons (Fsp3) is 0.278. The van der Waals surface area contributed by atoms with Gasteiger partial charge in [0.1, 0.15) is 0 Å². The van der Waals surface area contributed by atoms with Crippen LogP contribution in [-0.4, -0.2) is 34.2 Å². The van der Waals surface area contributed by atoms with E-state index in [0.717, 1.165) is 5.56 Å². The minimum atomic E-state index is -0.284. The average Bonchev–Trinajstić information content (AvgIpc) is 3.27. The third kappa shape index (κ3) is 4.77. The summed E-state index contributed by atoms with van der Waals surface area (Å²) in [5.41, 5.74) is 1.08. The van der Waals surface area contributed by atoms with Crippen molar-refractivity contribution in [1.82, 2.24) is 15.0 Å². The normalized spacial score (nSPS) is 11.0. The molecule has 0 aliphatic rings. The van der Waals surface area contributed by atoms with E-state index in [4.69, 9.17) is 13.7 Å². The van der Waals surface area contributed by atoms with Crippen molar-refractivity contribution in [3.63, 3.8) is 0 Å². The fourth-order valence-corrected chi connectivity index (χ4v) is 2.42. The summed E-state index contributed by atoms with van der Waals surface area (Å²) < 4.78 is 15.5. The number of nitrogens with zero attached hydrogens (tertiary/aromatic N) is 3. The topological polar surface area (TPSA) is 81.6 Å². The predicted octanol–water partition coefficient (Wildman–Crippen LogP) is 2.89. The van der Waals surface area contributed by atoms with Gasteiger partial charge in [-0.1, -0.05) is 35.5 Å². The lowest BCUT2D eigenvalue weighted by Gasteiger charge is -2.19. The van der Waals surface area contributed by atoms with Crippen LogP contribution in [-0.2, 0) is 22.6 Å². The molecule has 0 aliphatic heterocycles. The van der Waals surface area contributed by atoms with Crippen molar-refractivity contribution in [1.29, 1.82) is 0 Å². The molecule has 0 atom stereocenters. The first kappa shape index (κ1) is 16.9. The van der Waals surface area contributed by atoms with E-state index in [1.807, 2.05) is 35.2 Å². The molecule has 2 heterocycles. The van der Waals surface area contributed by atoms with Gasteiger partial charge in [-0.15, -0.1) is 0 Å². The summed E-state index contributed by atoms with van der Waals surface area (Å²) in [7, 11) is 0. The largest absolute Gasteiger partial charge is 0.465 e. The van der Waals surface area contributed by atoms with Crippen molar-refractivity contribution in [3.8, 4) is 11.7 Å². The molecule has 0 saturated heterocycles. The first-order valence-corrected chi connectivity index (χ1v) is 8.03. The summed E-state index contributed by atoms with van der Waals surface area (Å²) in [6, 6.07) is 13.4. The van der Waals surface area contributed by atoms with Crippen LogP contribution in [0.4, 0.5) is 0 Å². The second kappa shape index (κ2) is 8.25. The van der Waals surface area contributed by atoms with Crippen LogP contribution in [0.15, 0.2) is 57.7 Å². The first-order chi connectivity index (χ1) is 12.2. The van der Waals surface area contributed by atoms with Gasteiger partial charge in [0.25, 0.3) is 5.89 Å². The maximum Gasteiger partial charge on any atom is 0.320 e. The van der Waals surface area contributed by atoms with Gasteiger partial charge in [0.05, 0.1) is 26.0 Å². The molecule has 3 rings (SSSR count). The Morgan fingerprint density at radius 1 is 1.16 bits per heavy atom. The van der Waals surface area contributed by atoms with Crippen LogP contribution in [0.1, 0.15) is 18.3 Å². The Bertz CT molecular complexity index is 784. The molecule has 0 bridgehead atoms. The molecule has 0 unspecified atom stereocenters. The third-order valence-electron chi connectivity index (χ3n) is 3.47. The maximum atomic E-state index is 11.9. The second-order valence-corrected chi connectivity index (χ2v) is 5.43. The Kier molecular flexibility index (Phi) is 5.58. The van der Waals surface area contributed by atoms with Crippen LogP contribution >= 0.6 is 0 Å². The number of furan rings is 1. The summed E-state index contributed by atoms with van der Waals surface area (Å²) in [5, 5.41) is 3.97. The molecular formula is C18H19N3O4. The van der Waals surface area contributed by atoms with Crippen molar-refractivity contribution in [3.05, 3.63) is 60.1 Å². The van der Waals surface area contributed by atoms with Crippen LogP contribution < -0.4 is 0 Å². The molecule has 2 aromatic heterocycles. The molecule has 1 aromatic carbocycles. The molecule has 0 saturated carbocycles. The number of ether oxygens (including phenoxy) is 1. The molecule has 0 fully saturated rings. The standard InChI is InChI=1S/C18H19N3O4/c1-2-23-17(22)13-21(11-14-7-4-3-5-8-14)12-16-19-18(25-20-16)15-9-6-10-24-15/h3-10H,2,11-13H2,1H3. The highest BCUT2D eigenvalue weighted by atomic mass is 16.5. The summed E-state index contributed by atoms with van der Waals surface area (Å²) in [6.45, 7) is 3.21. The molecule has 0 spiro atoms. The third-order valence-corrected chi connectivity index (χ3v) is 3.47. The second-order valence-electron chi connectivity index (χ2n) is 5.43. The van der Waals surface area contributed by atoms with Crippen LogP contribution in [0.2, 0.25) is 0 Å². The molecule has 25 heavy (non-hydrogen) atoms. The van der Waals surface area contributed by atoms with Gasteiger partial charge in [0, 0.05) is 6.54 Å². The lowest BCUT2D eigenvalue weighted by Crippen LogP contribution is -2.30. The Morgan fingerprint density at radius 2 is 2.00 bits per heavy atom. The molecule has 0 amide bonds. The maximum absolute atomic E-state index is 11.9. The van der Waals surface area contributed by atoms with E-state index in [-0.39, 0.29) is 12.5 Å². The van der Waals surface area contributed by atoms with Crippen molar-refractivity contribution in [2.45, 2.75) is 20.0 Å². The number of aromatic nitrogens is 2. The van der Waals surface area contributed by atoms with E-state index in [2.05, 4.69) is 10.1 Å². The van der Waals surface area contributed by atoms with Crippen molar-refractivity contribution >= 4 is 5.97 Å². The highest BCUT2D eigenvalue weighted by Gasteiger charge is 2.17. The van der Waals surface area contributed by atoms with Crippen molar-refractivity contribution < 1.29 is 18.5 Å². The number of carbonyl (C=O) groups is 1. The fourth-order valence-electron chi connectivity index (χ4n) is 2.42. The number of benzene rings is 1. The summed E-state index contributed by atoms with van der Waals surface area (Å²) in [6.07, 6.45) is 1.54. The van der Waals surface area contributed by atoms with E-state index in [0.29, 0.717) is 37.2 Å². The highest BCUT2D eigenvalue weighted by Crippen LogP contribution is 2.18. The van der Waals surface area contributed by atoms with E-state index >= 15 is 0 Å². The number of esters is 1. The van der Waals surface area contributed by atoms with Crippen LogP contribution in [0.3, 0.4) is 0 Å². The van der Waals surface area contributed by atoms with Gasteiger partial charge in [-0.05, 0) is 24.6 Å². The first-order valence-electron chi connectivity index (χ1n) is 8.03. The summed E-state index contributed by atoms with van der Waals surface area (Å²) in [4.78, 5) is 18.1. The molecule has 0 N–H and O–H groups in total. The average molecular weight is 341 g/mol. The number of hydrogen-bond donors (Lipinski definition) is 0. The Labute approximate surface area is 145 Å².